The number of amides is 1. The Bertz CT molecular complexity index is 1490. The van der Waals surface area contributed by atoms with Crippen LogP contribution in [-0.4, -0.2) is 54.9 Å². The predicted octanol–water partition coefficient (Wildman–Crippen LogP) is 1.69. The molecule has 0 spiro atoms. The first kappa shape index (κ1) is 25.2. The van der Waals surface area contributed by atoms with Gasteiger partial charge in [-0.05, 0) is 37.6 Å². The SMILES string of the molecule is CCN1/C(=C/C(C)=c2/s/c(=C3\SC(=S)N(CC(=O)O)C3=O)n(CC(=O)O)c2=O)Sc2ccccc21. The molecule has 2 aliphatic rings. The smallest absolute Gasteiger partial charge is 0.323 e. The van der Waals surface area contributed by atoms with Crippen LogP contribution in [0.1, 0.15) is 13.8 Å². The molecule has 182 valence electrons. The third kappa shape index (κ3) is 4.81. The quantitative estimate of drug-likeness (QED) is 0.515. The van der Waals surface area contributed by atoms with Crippen LogP contribution in [0.2, 0.25) is 0 Å². The zero-order chi connectivity index (χ0) is 25.4. The molecule has 2 N–H and O–H groups in total. The van der Waals surface area contributed by atoms with E-state index in [1.165, 1.54) is 0 Å². The maximum absolute atomic E-state index is 13.3. The summed E-state index contributed by atoms with van der Waals surface area (Å²) in [6.45, 7) is 3.26. The zero-order valence-electron chi connectivity index (χ0n) is 18.5. The van der Waals surface area contributed by atoms with Crippen LogP contribution in [0.4, 0.5) is 5.69 Å². The van der Waals surface area contributed by atoms with Crippen LogP contribution in [-0.2, 0) is 20.9 Å². The van der Waals surface area contributed by atoms with Gasteiger partial charge in [0, 0.05) is 11.4 Å². The van der Waals surface area contributed by atoms with Crippen molar-refractivity contribution in [3.63, 3.8) is 0 Å². The summed E-state index contributed by atoms with van der Waals surface area (Å²) in [4.78, 5) is 53.0. The van der Waals surface area contributed by atoms with Crippen LogP contribution in [0.3, 0.4) is 0 Å². The van der Waals surface area contributed by atoms with Crippen molar-refractivity contribution in [1.29, 1.82) is 0 Å². The molecule has 0 atom stereocenters. The number of rotatable bonds is 6. The van der Waals surface area contributed by atoms with Gasteiger partial charge in [0.15, 0.2) is 0 Å². The van der Waals surface area contributed by atoms with Crippen molar-refractivity contribution in [2.75, 3.05) is 18.0 Å². The molecule has 13 heteroatoms. The summed E-state index contributed by atoms with van der Waals surface area (Å²) >= 11 is 8.59. The van der Waals surface area contributed by atoms with Gasteiger partial charge in [0.25, 0.3) is 11.5 Å². The van der Waals surface area contributed by atoms with E-state index < -0.39 is 36.5 Å². The number of thiazole rings is 1. The molecule has 4 rings (SSSR count). The molecule has 0 radical (unpaired) electrons. The van der Waals surface area contributed by atoms with Crippen LogP contribution < -0.4 is 19.7 Å². The van der Waals surface area contributed by atoms with Crippen LogP contribution >= 0.6 is 47.1 Å². The topological polar surface area (TPSA) is 120 Å². The molecular formula is C22H19N3O6S4. The number of aromatic nitrogens is 1. The highest BCUT2D eigenvalue weighted by Crippen LogP contribution is 2.45. The van der Waals surface area contributed by atoms with Crippen molar-refractivity contribution in [2.45, 2.75) is 25.3 Å². The Kier molecular flexibility index (Phi) is 7.22. The van der Waals surface area contributed by atoms with Gasteiger partial charge in [-0.2, -0.15) is 0 Å². The van der Waals surface area contributed by atoms with E-state index in [0.29, 0.717) is 10.1 Å². The van der Waals surface area contributed by atoms with E-state index in [0.717, 1.165) is 54.7 Å². The summed E-state index contributed by atoms with van der Waals surface area (Å²) < 4.78 is 1.51. The fourth-order valence-corrected chi connectivity index (χ4v) is 7.39. The number of carboxylic acid groups (broad SMARTS) is 2. The van der Waals surface area contributed by atoms with Crippen LogP contribution in [0, 0.1) is 0 Å². The molecule has 0 aliphatic carbocycles. The molecule has 35 heavy (non-hydrogen) atoms. The monoisotopic (exact) mass is 549 g/mol. The van der Waals surface area contributed by atoms with E-state index in [1.54, 1.807) is 18.7 Å². The molecular weight excluding hydrogens is 531 g/mol. The normalized spacial score (nSPS) is 19.0. The van der Waals surface area contributed by atoms with Crippen molar-refractivity contribution >= 4 is 85.4 Å². The number of para-hydroxylation sites is 1. The number of anilines is 1. The number of nitrogens with zero attached hydrogens (tertiary/aromatic N) is 3. The number of thiocarbonyl (C=S) groups is 1. The Balaban J connectivity index is 1.89. The average molecular weight is 550 g/mol. The molecule has 1 fully saturated rings. The lowest BCUT2D eigenvalue weighted by atomic mass is 10.2. The largest absolute Gasteiger partial charge is 0.480 e. The number of carboxylic acids is 2. The predicted molar refractivity (Wildman–Crippen MR) is 141 cm³/mol. The summed E-state index contributed by atoms with van der Waals surface area (Å²) in [5, 5.41) is 19.4. The highest BCUT2D eigenvalue weighted by Gasteiger charge is 2.35. The second-order valence-corrected chi connectivity index (χ2v) is 11.2. The first-order valence-electron chi connectivity index (χ1n) is 10.3. The van der Waals surface area contributed by atoms with Gasteiger partial charge in [-0.1, -0.05) is 47.9 Å². The summed E-state index contributed by atoms with van der Waals surface area (Å²) in [6.07, 6.45) is 1.88. The van der Waals surface area contributed by atoms with Crippen LogP contribution in [0.15, 0.2) is 45.1 Å². The molecule has 9 nitrogen and oxygen atoms in total. The number of hydrogen-bond donors (Lipinski definition) is 2. The van der Waals surface area contributed by atoms with Gasteiger partial charge in [0.1, 0.15) is 27.0 Å². The number of benzene rings is 1. The van der Waals surface area contributed by atoms with Gasteiger partial charge >= 0.3 is 11.9 Å². The lowest BCUT2D eigenvalue weighted by Crippen LogP contribution is -2.37. The zero-order valence-corrected chi connectivity index (χ0v) is 21.8. The molecule has 2 aromatic rings. The number of carbonyl (C=O) groups is 3. The second kappa shape index (κ2) is 10.0. The molecule has 0 bridgehead atoms. The Hall–Kier alpha value is -2.87. The first-order valence-corrected chi connectivity index (χ1v) is 13.2. The number of fused-ring (bicyclic) bond motifs is 1. The second-order valence-electron chi connectivity index (χ2n) is 7.48. The standard InChI is InChI=1S/C22H19N3O6S4/c1-3-23-12-6-4-5-7-13(12)33-14(23)8-11(2)17-19(30)24(9-15(26)27)21(34-17)18-20(31)25(10-16(28)29)22(32)35-18/h4-8H,3,9-10H2,1-2H3,(H,26,27)(H,28,29)/b14-8-,17-11+,21-18-. The van der Waals surface area contributed by atoms with Crippen molar-refractivity contribution in [2.24, 2.45) is 0 Å². The Morgan fingerprint density at radius 1 is 1.06 bits per heavy atom. The van der Waals surface area contributed by atoms with Gasteiger partial charge < -0.3 is 15.1 Å². The van der Waals surface area contributed by atoms with Crippen LogP contribution in [0.5, 0.6) is 0 Å². The number of thioether (sulfide) groups is 2. The molecule has 1 saturated heterocycles. The van der Waals surface area contributed by atoms with Gasteiger partial charge in [-0.3, -0.25) is 28.6 Å². The Morgan fingerprint density at radius 3 is 2.40 bits per heavy atom. The van der Waals surface area contributed by atoms with Gasteiger partial charge in [0.2, 0.25) is 0 Å². The first-order chi connectivity index (χ1) is 16.6. The molecule has 3 heterocycles. The third-order valence-electron chi connectivity index (χ3n) is 5.16. The van der Waals surface area contributed by atoms with Crippen molar-refractivity contribution < 1.29 is 24.6 Å². The maximum Gasteiger partial charge on any atom is 0.323 e. The molecule has 0 unspecified atom stereocenters. The van der Waals surface area contributed by atoms with E-state index in [9.17, 15) is 24.3 Å². The highest BCUT2D eigenvalue weighted by atomic mass is 32.2. The van der Waals surface area contributed by atoms with Crippen molar-refractivity contribution in [1.82, 2.24) is 9.47 Å². The van der Waals surface area contributed by atoms with Crippen LogP contribution in [0.25, 0.3) is 10.5 Å². The summed E-state index contributed by atoms with van der Waals surface area (Å²) in [6, 6.07) is 7.97. The lowest BCUT2D eigenvalue weighted by molar-refractivity contribution is -0.140. The molecule has 1 amide bonds. The minimum absolute atomic E-state index is 0.0400. The Labute approximate surface area is 217 Å². The van der Waals surface area contributed by atoms with Crippen molar-refractivity contribution in [3.8, 4) is 0 Å². The van der Waals surface area contributed by atoms with Gasteiger partial charge in [-0.15, -0.1) is 11.3 Å². The number of carbonyl (C=O) groups excluding carboxylic acids is 1. The van der Waals surface area contributed by atoms with E-state index in [2.05, 4.69) is 4.90 Å². The fourth-order valence-electron chi connectivity index (χ4n) is 3.64. The van der Waals surface area contributed by atoms with E-state index in [1.807, 2.05) is 37.3 Å². The van der Waals surface area contributed by atoms with Crippen molar-refractivity contribution in [3.05, 3.63) is 54.9 Å². The fraction of sp³-hybridized carbons (Fsp3) is 0.227. The summed E-state index contributed by atoms with van der Waals surface area (Å²) in [7, 11) is 0. The van der Waals surface area contributed by atoms with E-state index in [-0.39, 0.29) is 13.9 Å². The van der Waals surface area contributed by atoms with E-state index in [4.69, 9.17) is 17.3 Å². The minimum atomic E-state index is -1.24. The summed E-state index contributed by atoms with van der Waals surface area (Å²) in [5.74, 6) is -3.14. The van der Waals surface area contributed by atoms with Gasteiger partial charge in [0.05, 0.1) is 15.2 Å². The molecule has 2 aliphatic heterocycles. The number of hydrogen-bond acceptors (Lipinski definition) is 9. The van der Waals surface area contributed by atoms with Gasteiger partial charge in [-0.25, -0.2) is 0 Å². The lowest BCUT2D eigenvalue weighted by Gasteiger charge is -2.17. The average Bonchev–Trinajstić information content (AvgIpc) is 3.40. The Morgan fingerprint density at radius 2 is 1.74 bits per heavy atom. The maximum atomic E-state index is 13.3. The highest BCUT2D eigenvalue weighted by molar-refractivity contribution is 8.30. The third-order valence-corrected chi connectivity index (χ3v) is 9.16. The molecule has 1 aromatic carbocycles. The number of aliphatic carboxylic acids is 2. The number of allylic oxidation sites excluding steroid dienone is 1. The minimum Gasteiger partial charge on any atom is -0.480 e. The molecule has 0 saturated carbocycles. The summed E-state index contributed by atoms with van der Waals surface area (Å²) in [5.41, 5.74) is 1.17. The van der Waals surface area contributed by atoms with E-state index >= 15 is 0 Å². The molecule has 1 aromatic heterocycles.